The predicted octanol–water partition coefficient (Wildman–Crippen LogP) is 2.80. The average molecular weight is 303 g/mol. The van der Waals surface area contributed by atoms with E-state index in [1.165, 1.54) is 0 Å². The van der Waals surface area contributed by atoms with Crippen molar-refractivity contribution in [3.8, 4) is 11.5 Å². The number of ether oxygens (including phenoxy) is 2. The van der Waals surface area contributed by atoms with Crippen molar-refractivity contribution in [1.29, 1.82) is 0 Å². The number of methoxy groups -OCH3 is 1. The lowest BCUT2D eigenvalue weighted by atomic mass is 10.2. The van der Waals surface area contributed by atoms with Gasteiger partial charge >= 0.3 is 0 Å². The van der Waals surface area contributed by atoms with Gasteiger partial charge in [0.2, 0.25) is 0 Å². The molecule has 0 fully saturated rings. The van der Waals surface area contributed by atoms with Crippen LogP contribution in [0.15, 0.2) is 47.1 Å². The lowest BCUT2D eigenvalue weighted by Crippen LogP contribution is -2.36. The number of furan rings is 1. The van der Waals surface area contributed by atoms with E-state index in [4.69, 9.17) is 13.9 Å². The number of carbonyl (C=O) groups is 1. The summed E-state index contributed by atoms with van der Waals surface area (Å²) in [4.78, 5) is 12.0. The second-order valence-electron chi connectivity index (χ2n) is 4.91. The Balaban J connectivity index is 1.72. The molecule has 1 heterocycles. The van der Waals surface area contributed by atoms with Gasteiger partial charge in [0.05, 0.1) is 13.4 Å². The first-order valence-corrected chi connectivity index (χ1v) is 7.30. The highest BCUT2D eigenvalue weighted by Gasteiger charge is 2.14. The molecule has 2 aromatic rings. The highest BCUT2D eigenvalue weighted by molar-refractivity contribution is 5.80. The van der Waals surface area contributed by atoms with Crippen LogP contribution in [0.2, 0.25) is 0 Å². The van der Waals surface area contributed by atoms with Crippen LogP contribution in [0.4, 0.5) is 0 Å². The van der Waals surface area contributed by atoms with Crippen molar-refractivity contribution >= 4 is 5.91 Å². The second-order valence-corrected chi connectivity index (χ2v) is 4.91. The standard InChI is InChI=1S/C17H21NO4/c1-13(22-16-7-3-6-15(12-16)20-2)17(19)18-10-4-8-14-9-5-11-21-14/h3,5-7,9,11-13H,4,8,10H2,1-2H3,(H,18,19). The number of amides is 1. The number of aryl methyl sites for hydroxylation is 1. The largest absolute Gasteiger partial charge is 0.497 e. The Hall–Kier alpha value is -2.43. The van der Waals surface area contributed by atoms with E-state index in [9.17, 15) is 4.79 Å². The number of hydrogen-bond donors (Lipinski definition) is 1. The Morgan fingerprint density at radius 2 is 2.09 bits per heavy atom. The summed E-state index contributed by atoms with van der Waals surface area (Å²) in [6, 6.07) is 11.0. The third kappa shape index (κ3) is 4.84. The van der Waals surface area contributed by atoms with Gasteiger partial charge in [-0.25, -0.2) is 0 Å². The number of hydrogen-bond acceptors (Lipinski definition) is 4. The molecule has 1 aromatic carbocycles. The van der Waals surface area contributed by atoms with Crippen molar-refractivity contribution in [3.63, 3.8) is 0 Å². The van der Waals surface area contributed by atoms with Crippen LogP contribution in [-0.2, 0) is 11.2 Å². The van der Waals surface area contributed by atoms with E-state index >= 15 is 0 Å². The Labute approximate surface area is 130 Å². The predicted molar refractivity (Wildman–Crippen MR) is 83.1 cm³/mol. The smallest absolute Gasteiger partial charge is 0.260 e. The molecule has 5 heteroatoms. The van der Waals surface area contributed by atoms with Gasteiger partial charge in [-0.1, -0.05) is 6.07 Å². The molecular weight excluding hydrogens is 282 g/mol. The molecule has 1 aromatic heterocycles. The summed E-state index contributed by atoms with van der Waals surface area (Å²) in [7, 11) is 1.59. The Bertz CT molecular complexity index is 580. The van der Waals surface area contributed by atoms with Crippen molar-refractivity contribution in [1.82, 2.24) is 5.32 Å². The molecule has 0 aliphatic carbocycles. The quantitative estimate of drug-likeness (QED) is 0.762. The van der Waals surface area contributed by atoms with Crippen molar-refractivity contribution in [2.24, 2.45) is 0 Å². The zero-order valence-corrected chi connectivity index (χ0v) is 12.9. The molecule has 0 saturated heterocycles. The maximum Gasteiger partial charge on any atom is 0.260 e. The van der Waals surface area contributed by atoms with Gasteiger partial charge in [-0.05, 0) is 37.6 Å². The third-order valence-corrected chi connectivity index (χ3v) is 3.20. The molecule has 0 bridgehead atoms. The fraction of sp³-hybridized carbons (Fsp3) is 0.353. The zero-order chi connectivity index (χ0) is 15.8. The first-order valence-electron chi connectivity index (χ1n) is 7.30. The van der Waals surface area contributed by atoms with Crippen molar-refractivity contribution in [2.75, 3.05) is 13.7 Å². The fourth-order valence-corrected chi connectivity index (χ4v) is 2.00. The van der Waals surface area contributed by atoms with Crippen LogP contribution in [0.3, 0.4) is 0 Å². The van der Waals surface area contributed by atoms with E-state index in [1.807, 2.05) is 24.3 Å². The van der Waals surface area contributed by atoms with Gasteiger partial charge in [0.1, 0.15) is 17.3 Å². The Morgan fingerprint density at radius 3 is 2.82 bits per heavy atom. The van der Waals surface area contributed by atoms with E-state index in [1.54, 1.807) is 32.4 Å². The minimum Gasteiger partial charge on any atom is -0.497 e. The van der Waals surface area contributed by atoms with Gasteiger partial charge in [-0.15, -0.1) is 0 Å². The van der Waals surface area contributed by atoms with Crippen LogP contribution in [0.1, 0.15) is 19.1 Å². The van der Waals surface area contributed by atoms with E-state index in [0.717, 1.165) is 18.6 Å². The van der Waals surface area contributed by atoms with E-state index in [-0.39, 0.29) is 5.91 Å². The molecule has 0 aliphatic heterocycles. The van der Waals surface area contributed by atoms with Gasteiger partial charge in [-0.2, -0.15) is 0 Å². The summed E-state index contributed by atoms with van der Waals surface area (Å²) < 4.78 is 16.0. The highest BCUT2D eigenvalue weighted by Crippen LogP contribution is 2.19. The van der Waals surface area contributed by atoms with Crippen molar-refractivity contribution in [3.05, 3.63) is 48.4 Å². The molecule has 1 unspecified atom stereocenters. The lowest BCUT2D eigenvalue weighted by molar-refractivity contribution is -0.127. The molecule has 1 atom stereocenters. The van der Waals surface area contributed by atoms with Crippen LogP contribution in [0.5, 0.6) is 11.5 Å². The van der Waals surface area contributed by atoms with Crippen molar-refractivity contribution in [2.45, 2.75) is 25.9 Å². The van der Waals surface area contributed by atoms with Crippen LogP contribution in [0.25, 0.3) is 0 Å². The number of nitrogens with one attached hydrogen (secondary N) is 1. The third-order valence-electron chi connectivity index (χ3n) is 3.20. The molecule has 5 nitrogen and oxygen atoms in total. The molecule has 0 saturated carbocycles. The van der Waals surface area contributed by atoms with Gasteiger partial charge in [0.25, 0.3) is 5.91 Å². The van der Waals surface area contributed by atoms with Crippen LogP contribution < -0.4 is 14.8 Å². The maximum atomic E-state index is 12.0. The minimum atomic E-state index is -0.560. The summed E-state index contributed by atoms with van der Waals surface area (Å²) in [5.74, 6) is 2.10. The van der Waals surface area contributed by atoms with Crippen molar-refractivity contribution < 1.29 is 18.7 Å². The summed E-state index contributed by atoms with van der Waals surface area (Å²) in [5.41, 5.74) is 0. The topological polar surface area (TPSA) is 60.7 Å². The number of rotatable bonds is 8. The first kappa shape index (κ1) is 15.9. The Kier molecular flexibility index (Phi) is 5.89. The number of carbonyl (C=O) groups excluding carboxylic acids is 1. The molecule has 0 spiro atoms. The zero-order valence-electron chi connectivity index (χ0n) is 12.9. The SMILES string of the molecule is COc1cccc(OC(C)C(=O)NCCCc2ccco2)c1. The fourth-order valence-electron chi connectivity index (χ4n) is 2.00. The Morgan fingerprint density at radius 1 is 1.27 bits per heavy atom. The van der Waals surface area contributed by atoms with Crippen LogP contribution in [-0.4, -0.2) is 25.7 Å². The molecule has 0 radical (unpaired) electrons. The summed E-state index contributed by atoms with van der Waals surface area (Å²) in [6.45, 7) is 2.31. The summed E-state index contributed by atoms with van der Waals surface area (Å²) >= 11 is 0. The normalized spacial score (nSPS) is 11.7. The second kappa shape index (κ2) is 8.12. The van der Waals surface area contributed by atoms with E-state index in [2.05, 4.69) is 5.32 Å². The minimum absolute atomic E-state index is 0.137. The van der Waals surface area contributed by atoms with Gasteiger partial charge < -0.3 is 19.2 Å². The monoisotopic (exact) mass is 303 g/mol. The average Bonchev–Trinajstić information content (AvgIpc) is 3.04. The summed E-state index contributed by atoms with van der Waals surface area (Å²) in [6.07, 6.45) is 2.72. The van der Waals surface area contributed by atoms with Crippen LogP contribution >= 0.6 is 0 Å². The maximum absolute atomic E-state index is 12.0. The molecule has 118 valence electrons. The summed E-state index contributed by atoms with van der Waals surface area (Å²) in [5, 5.41) is 2.86. The molecule has 1 N–H and O–H groups in total. The van der Waals surface area contributed by atoms with Gasteiger partial charge in [0.15, 0.2) is 6.10 Å². The first-order chi connectivity index (χ1) is 10.7. The van der Waals surface area contributed by atoms with Gasteiger partial charge in [0, 0.05) is 19.0 Å². The lowest BCUT2D eigenvalue weighted by Gasteiger charge is -2.15. The highest BCUT2D eigenvalue weighted by atomic mass is 16.5. The molecule has 2 rings (SSSR count). The molecule has 0 aliphatic rings. The number of benzene rings is 1. The van der Waals surface area contributed by atoms with Crippen LogP contribution in [0, 0.1) is 0 Å². The molecule has 1 amide bonds. The van der Waals surface area contributed by atoms with Gasteiger partial charge in [-0.3, -0.25) is 4.79 Å². The van der Waals surface area contributed by atoms with E-state index < -0.39 is 6.10 Å². The molecule has 22 heavy (non-hydrogen) atoms. The molecular formula is C17H21NO4. The van der Waals surface area contributed by atoms with E-state index in [0.29, 0.717) is 18.0 Å².